The van der Waals surface area contributed by atoms with Gasteiger partial charge in [-0.1, -0.05) is 0 Å². The molecule has 0 bridgehead atoms. The molecule has 2 N–H and O–H groups in total. The molecular weight excluding hydrogens is 182 g/mol. The fourth-order valence-electron chi connectivity index (χ4n) is 1.63. The molecule has 0 radical (unpaired) electrons. The van der Waals surface area contributed by atoms with Crippen molar-refractivity contribution in [2.75, 3.05) is 18.0 Å². The van der Waals surface area contributed by atoms with E-state index in [0.717, 1.165) is 18.2 Å². The van der Waals surface area contributed by atoms with Crippen molar-refractivity contribution in [3.63, 3.8) is 0 Å². The largest absolute Gasteiger partial charge is 0.344 e. The number of thiazole rings is 1. The number of hydrogen-bond donors (Lipinski definition) is 1. The van der Waals surface area contributed by atoms with Gasteiger partial charge in [-0.25, -0.2) is 4.98 Å². The Balaban J connectivity index is 2.04. The van der Waals surface area contributed by atoms with Gasteiger partial charge in [0.05, 0.1) is 0 Å². The molecule has 1 aliphatic rings. The van der Waals surface area contributed by atoms with E-state index in [9.17, 15) is 0 Å². The van der Waals surface area contributed by atoms with Gasteiger partial charge in [0, 0.05) is 30.7 Å². The third-order valence-electron chi connectivity index (χ3n) is 2.55. The van der Waals surface area contributed by atoms with E-state index in [-0.39, 0.29) is 0 Å². The molecule has 2 rings (SSSR count). The first-order valence-corrected chi connectivity index (χ1v) is 5.66. The second-order valence-electron chi connectivity index (χ2n) is 3.38. The maximum absolute atomic E-state index is 5.59. The fraction of sp³-hybridized carbons (Fsp3) is 0.667. The van der Waals surface area contributed by atoms with Crippen molar-refractivity contribution in [2.45, 2.75) is 25.3 Å². The van der Waals surface area contributed by atoms with Crippen LogP contribution in [0.5, 0.6) is 0 Å². The zero-order valence-corrected chi connectivity index (χ0v) is 8.46. The lowest BCUT2D eigenvalue weighted by Gasteiger charge is -2.37. The van der Waals surface area contributed by atoms with Crippen molar-refractivity contribution in [2.24, 2.45) is 5.73 Å². The highest BCUT2D eigenvalue weighted by Gasteiger charge is 2.25. The Bertz CT molecular complexity index is 243. The molecule has 1 heterocycles. The number of hydrogen-bond acceptors (Lipinski definition) is 4. The number of aromatic nitrogens is 1. The molecule has 0 aromatic carbocycles. The third-order valence-corrected chi connectivity index (χ3v) is 3.36. The van der Waals surface area contributed by atoms with Crippen molar-refractivity contribution >= 4 is 16.5 Å². The summed E-state index contributed by atoms with van der Waals surface area (Å²) in [5, 5.41) is 3.16. The van der Waals surface area contributed by atoms with Gasteiger partial charge in [0.25, 0.3) is 0 Å². The van der Waals surface area contributed by atoms with Crippen molar-refractivity contribution in [3.05, 3.63) is 11.6 Å². The summed E-state index contributed by atoms with van der Waals surface area (Å²) in [6.07, 6.45) is 5.83. The maximum atomic E-state index is 5.59. The molecule has 13 heavy (non-hydrogen) atoms. The van der Waals surface area contributed by atoms with E-state index in [1.165, 1.54) is 19.3 Å². The molecular formula is C9H15N3S. The normalized spacial score (nSPS) is 17.0. The van der Waals surface area contributed by atoms with Crippen LogP contribution >= 0.6 is 11.3 Å². The summed E-state index contributed by atoms with van der Waals surface area (Å²) < 4.78 is 0. The van der Waals surface area contributed by atoms with Crippen LogP contribution in [0, 0.1) is 0 Å². The molecule has 3 nitrogen and oxygen atoms in total. The van der Waals surface area contributed by atoms with Crippen molar-refractivity contribution in [1.82, 2.24) is 4.98 Å². The average molecular weight is 197 g/mol. The van der Waals surface area contributed by atoms with Gasteiger partial charge in [-0.15, -0.1) is 11.3 Å². The molecule has 1 saturated carbocycles. The minimum Gasteiger partial charge on any atom is -0.344 e. The van der Waals surface area contributed by atoms with Gasteiger partial charge >= 0.3 is 0 Å². The molecule has 72 valence electrons. The Kier molecular flexibility index (Phi) is 2.80. The van der Waals surface area contributed by atoms with Crippen LogP contribution in [-0.4, -0.2) is 24.1 Å². The Morgan fingerprint density at radius 3 is 2.92 bits per heavy atom. The summed E-state index contributed by atoms with van der Waals surface area (Å²) in [5.41, 5.74) is 5.59. The van der Waals surface area contributed by atoms with E-state index in [0.29, 0.717) is 6.04 Å². The SMILES string of the molecule is NCCN(c1nccs1)C1CCC1. The van der Waals surface area contributed by atoms with E-state index < -0.39 is 0 Å². The number of rotatable bonds is 4. The molecule has 0 spiro atoms. The maximum Gasteiger partial charge on any atom is 0.185 e. The summed E-state index contributed by atoms with van der Waals surface area (Å²) in [7, 11) is 0. The first-order valence-electron chi connectivity index (χ1n) is 4.78. The monoisotopic (exact) mass is 197 g/mol. The predicted octanol–water partition coefficient (Wildman–Crippen LogP) is 1.46. The Hall–Kier alpha value is -0.610. The second kappa shape index (κ2) is 4.07. The average Bonchev–Trinajstić information content (AvgIpc) is 2.51. The molecule has 4 heteroatoms. The standard InChI is InChI=1S/C9H15N3S/c10-4-6-12(8-2-1-3-8)9-11-5-7-13-9/h5,7-8H,1-4,6,10H2. The number of anilines is 1. The van der Waals surface area contributed by atoms with Crippen LogP contribution in [0.15, 0.2) is 11.6 Å². The van der Waals surface area contributed by atoms with Crippen LogP contribution in [0.4, 0.5) is 5.13 Å². The van der Waals surface area contributed by atoms with Gasteiger partial charge < -0.3 is 10.6 Å². The highest BCUT2D eigenvalue weighted by Crippen LogP contribution is 2.30. The van der Waals surface area contributed by atoms with Crippen LogP contribution in [-0.2, 0) is 0 Å². The van der Waals surface area contributed by atoms with Gasteiger partial charge in [0.1, 0.15) is 0 Å². The highest BCUT2D eigenvalue weighted by atomic mass is 32.1. The third kappa shape index (κ3) is 1.84. The summed E-state index contributed by atoms with van der Waals surface area (Å²) in [6, 6.07) is 0.703. The lowest BCUT2D eigenvalue weighted by atomic mass is 9.92. The Morgan fingerprint density at radius 1 is 1.62 bits per heavy atom. The minimum atomic E-state index is 0.703. The van der Waals surface area contributed by atoms with E-state index in [1.807, 2.05) is 11.6 Å². The van der Waals surface area contributed by atoms with E-state index in [1.54, 1.807) is 11.3 Å². The minimum absolute atomic E-state index is 0.703. The zero-order chi connectivity index (χ0) is 9.10. The van der Waals surface area contributed by atoms with Crippen molar-refractivity contribution in [3.8, 4) is 0 Å². The highest BCUT2D eigenvalue weighted by molar-refractivity contribution is 7.13. The number of nitrogens with zero attached hydrogens (tertiary/aromatic N) is 2. The molecule has 0 unspecified atom stereocenters. The molecule has 1 fully saturated rings. The number of nitrogens with two attached hydrogens (primary N) is 1. The van der Waals surface area contributed by atoms with Crippen LogP contribution < -0.4 is 10.6 Å². The molecule has 1 aromatic rings. The van der Waals surface area contributed by atoms with Crippen molar-refractivity contribution in [1.29, 1.82) is 0 Å². The summed E-state index contributed by atoms with van der Waals surface area (Å²) in [4.78, 5) is 6.68. The summed E-state index contributed by atoms with van der Waals surface area (Å²) >= 11 is 1.71. The van der Waals surface area contributed by atoms with Crippen LogP contribution in [0.2, 0.25) is 0 Å². The first kappa shape index (κ1) is 8.97. The zero-order valence-electron chi connectivity index (χ0n) is 7.65. The van der Waals surface area contributed by atoms with Gasteiger partial charge in [-0.2, -0.15) is 0 Å². The Morgan fingerprint density at radius 2 is 2.46 bits per heavy atom. The lowest BCUT2D eigenvalue weighted by Crippen LogP contribution is -2.42. The topological polar surface area (TPSA) is 42.1 Å². The summed E-state index contributed by atoms with van der Waals surface area (Å²) in [6.45, 7) is 1.66. The van der Waals surface area contributed by atoms with Crippen molar-refractivity contribution < 1.29 is 0 Å². The van der Waals surface area contributed by atoms with Gasteiger partial charge in [-0.05, 0) is 19.3 Å². The summed E-state index contributed by atoms with van der Waals surface area (Å²) in [5.74, 6) is 0. The Labute approximate surface area is 82.6 Å². The van der Waals surface area contributed by atoms with Crippen LogP contribution in [0.3, 0.4) is 0 Å². The molecule has 0 saturated heterocycles. The smallest absolute Gasteiger partial charge is 0.185 e. The molecule has 1 aromatic heterocycles. The molecule has 1 aliphatic carbocycles. The van der Waals surface area contributed by atoms with Gasteiger partial charge in [0.15, 0.2) is 5.13 Å². The van der Waals surface area contributed by atoms with E-state index in [2.05, 4.69) is 9.88 Å². The molecule has 0 atom stereocenters. The van der Waals surface area contributed by atoms with Crippen LogP contribution in [0.25, 0.3) is 0 Å². The van der Waals surface area contributed by atoms with E-state index in [4.69, 9.17) is 5.73 Å². The van der Waals surface area contributed by atoms with Gasteiger partial charge in [-0.3, -0.25) is 0 Å². The molecule has 0 amide bonds. The predicted molar refractivity (Wildman–Crippen MR) is 56.2 cm³/mol. The fourth-order valence-corrected chi connectivity index (χ4v) is 2.37. The van der Waals surface area contributed by atoms with Gasteiger partial charge in [0.2, 0.25) is 0 Å². The molecule has 0 aliphatic heterocycles. The second-order valence-corrected chi connectivity index (χ2v) is 4.25. The lowest BCUT2D eigenvalue weighted by molar-refractivity contribution is 0.387. The quantitative estimate of drug-likeness (QED) is 0.794. The van der Waals surface area contributed by atoms with Crippen LogP contribution in [0.1, 0.15) is 19.3 Å². The van der Waals surface area contributed by atoms with E-state index >= 15 is 0 Å². The first-order chi connectivity index (χ1) is 6.42.